The molecule has 0 saturated carbocycles. The number of alkyl halides is 3. The summed E-state index contributed by atoms with van der Waals surface area (Å²) in [6.07, 6.45) is -4.49. The predicted molar refractivity (Wildman–Crippen MR) is 69.7 cm³/mol. The Morgan fingerprint density at radius 3 is 2.48 bits per heavy atom. The summed E-state index contributed by atoms with van der Waals surface area (Å²) >= 11 is 0. The third-order valence-electron chi connectivity index (χ3n) is 3.15. The monoisotopic (exact) mass is 298 g/mol. The minimum Gasteiger partial charge on any atom is -0.464 e. The first kappa shape index (κ1) is 15.1. The molecule has 2 rings (SSSR count). The maximum atomic E-state index is 13.1. The Labute approximate surface area is 119 Å². The molecule has 21 heavy (non-hydrogen) atoms. The highest BCUT2D eigenvalue weighted by atomic mass is 19.4. The molecule has 1 aromatic heterocycles. The molecule has 0 aliphatic heterocycles. The van der Waals surface area contributed by atoms with Crippen LogP contribution in [-0.4, -0.2) is 22.9 Å². The fourth-order valence-corrected chi connectivity index (χ4v) is 2.20. The van der Waals surface area contributed by atoms with Gasteiger partial charge in [0.1, 0.15) is 5.69 Å². The van der Waals surface area contributed by atoms with E-state index in [2.05, 4.69) is 9.84 Å². The number of methoxy groups -OCH3 is 1. The Balaban J connectivity index is 2.68. The fourth-order valence-electron chi connectivity index (χ4n) is 2.20. The predicted octanol–water partition coefficient (Wildman–Crippen LogP) is 3.20. The van der Waals surface area contributed by atoms with E-state index in [9.17, 15) is 18.0 Å². The summed E-state index contributed by atoms with van der Waals surface area (Å²) in [7, 11) is 2.69. The van der Waals surface area contributed by atoms with E-state index < -0.39 is 17.7 Å². The van der Waals surface area contributed by atoms with Crippen LogP contribution in [0.5, 0.6) is 0 Å². The molecule has 0 bridgehead atoms. The topological polar surface area (TPSA) is 44.1 Å². The van der Waals surface area contributed by atoms with E-state index in [4.69, 9.17) is 0 Å². The molecule has 0 fully saturated rings. The molecule has 2 aromatic rings. The Bertz CT molecular complexity index is 690. The van der Waals surface area contributed by atoms with Crippen molar-refractivity contribution in [3.63, 3.8) is 0 Å². The van der Waals surface area contributed by atoms with E-state index in [1.54, 1.807) is 6.92 Å². The van der Waals surface area contributed by atoms with Gasteiger partial charge in [0.05, 0.1) is 18.4 Å². The molecule has 1 aromatic carbocycles. The zero-order valence-corrected chi connectivity index (χ0v) is 11.7. The lowest BCUT2D eigenvalue weighted by atomic mass is 10.0. The average Bonchev–Trinajstić information content (AvgIpc) is 2.72. The number of esters is 1. The maximum absolute atomic E-state index is 13.1. The summed E-state index contributed by atoms with van der Waals surface area (Å²) in [5.74, 6) is -0.641. The Kier molecular flexibility index (Phi) is 3.76. The van der Waals surface area contributed by atoms with Gasteiger partial charge in [-0.1, -0.05) is 18.2 Å². The van der Waals surface area contributed by atoms with E-state index >= 15 is 0 Å². The van der Waals surface area contributed by atoms with Crippen molar-refractivity contribution >= 4 is 5.97 Å². The van der Waals surface area contributed by atoms with Crippen molar-refractivity contribution in [3.8, 4) is 11.3 Å². The second-order valence-electron chi connectivity index (χ2n) is 4.48. The Morgan fingerprint density at radius 1 is 1.29 bits per heavy atom. The fraction of sp³-hybridized carbons (Fsp3) is 0.286. The highest BCUT2D eigenvalue weighted by Gasteiger charge is 2.35. The van der Waals surface area contributed by atoms with Crippen LogP contribution in [0.15, 0.2) is 24.3 Å². The van der Waals surface area contributed by atoms with Gasteiger partial charge in [0.25, 0.3) is 0 Å². The van der Waals surface area contributed by atoms with Crippen molar-refractivity contribution in [3.05, 3.63) is 41.1 Å². The standard InChI is InChI=1S/C14H13F3N2O2/c1-8-11(18-19(2)12(8)13(20)21-3)9-6-4-5-7-10(9)14(15,16)17/h4-7H,1-3H3. The van der Waals surface area contributed by atoms with Crippen molar-refractivity contribution in [2.45, 2.75) is 13.1 Å². The smallest absolute Gasteiger partial charge is 0.417 e. The number of aryl methyl sites for hydroxylation is 1. The quantitative estimate of drug-likeness (QED) is 0.800. The molecule has 0 amide bonds. The van der Waals surface area contributed by atoms with Crippen molar-refractivity contribution in [1.82, 2.24) is 9.78 Å². The Morgan fingerprint density at radius 2 is 1.90 bits per heavy atom. The van der Waals surface area contributed by atoms with E-state index in [1.165, 1.54) is 37.0 Å². The van der Waals surface area contributed by atoms with Crippen molar-refractivity contribution in [2.75, 3.05) is 7.11 Å². The molecule has 1 heterocycles. The zero-order valence-electron chi connectivity index (χ0n) is 11.7. The largest absolute Gasteiger partial charge is 0.464 e. The van der Waals surface area contributed by atoms with Crippen molar-refractivity contribution < 1.29 is 22.7 Å². The third-order valence-corrected chi connectivity index (χ3v) is 3.15. The van der Waals surface area contributed by atoms with Crippen LogP contribution in [0.1, 0.15) is 21.6 Å². The molecule has 4 nitrogen and oxygen atoms in total. The molecule has 0 N–H and O–H groups in total. The van der Waals surface area contributed by atoms with Crippen molar-refractivity contribution in [2.24, 2.45) is 7.05 Å². The number of hydrogen-bond donors (Lipinski definition) is 0. The van der Waals surface area contributed by atoms with Crippen LogP contribution < -0.4 is 0 Å². The van der Waals surface area contributed by atoms with Gasteiger partial charge < -0.3 is 4.74 Å². The number of rotatable bonds is 2. The normalized spacial score (nSPS) is 11.5. The van der Waals surface area contributed by atoms with Gasteiger partial charge in [-0.15, -0.1) is 0 Å². The molecule has 0 atom stereocenters. The van der Waals surface area contributed by atoms with E-state index in [-0.39, 0.29) is 17.0 Å². The first-order chi connectivity index (χ1) is 9.77. The van der Waals surface area contributed by atoms with Crippen LogP contribution in [0.2, 0.25) is 0 Å². The Hall–Kier alpha value is -2.31. The van der Waals surface area contributed by atoms with Crippen molar-refractivity contribution in [1.29, 1.82) is 0 Å². The molecule has 112 valence electrons. The summed E-state index contributed by atoms with van der Waals surface area (Å²) in [4.78, 5) is 11.7. The van der Waals surface area contributed by atoms with E-state index in [0.717, 1.165) is 6.07 Å². The lowest BCUT2D eigenvalue weighted by molar-refractivity contribution is -0.137. The third kappa shape index (κ3) is 2.63. The lowest BCUT2D eigenvalue weighted by Gasteiger charge is -2.11. The second kappa shape index (κ2) is 5.23. The van der Waals surface area contributed by atoms with Gasteiger partial charge in [-0.3, -0.25) is 4.68 Å². The zero-order chi connectivity index (χ0) is 15.8. The minimum atomic E-state index is -4.49. The SMILES string of the molecule is COC(=O)c1c(C)c(-c2ccccc2C(F)(F)F)nn1C. The molecule has 0 unspecified atom stereocenters. The molecule has 0 aliphatic rings. The number of benzene rings is 1. The number of hydrogen-bond acceptors (Lipinski definition) is 3. The minimum absolute atomic E-state index is 0.0618. The first-order valence-corrected chi connectivity index (χ1v) is 6.06. The second-order valence-corrected chi connectivity index (χ2v) is 4.48. The van der Waals surface area contributed by atoms with Gasteiger partial charge in [-0.25, -0.2) is 4.79 Å². The summed E-state index contributed by atoms with van der Waals surface area (Å²) in [6.45, 7) is 1.54. The summed E-state index contributed by atoms with van der Waals surface area (Å²) < 4.78 is 45.1. The van der Waals surface area contributed by atoms with Gasteiger partial charge in [-0.2, -0.15) is 18.3 Å². The van der Waals surface area contributed by atoms with Crippen LogP contribution in [0.3, 0.4) is 0 Å². The van der Waals surface area contributed by atoms with Crippen LogP contribution in [0, 0.1) is 6.92 Å². The first-order valence-electron chi connectivity index (χ1n) is 6.06. The summed E-state index contributed by atoms with van der Waals surface area (Å²) in [5.41, 5.74) is -0.257. The van der Waals surface area contributed by atoms with Crippen LogP contribution in [-0.2, 0) is 18.0 Å². The summed E-state index contributed by atoms with van der Waals surface area (Å²) in [6, 6.07) is 5.13. The summed E-state index contributed by atoms with van der Waals surface area (Å²) in [5, 5.41) is 4.04. The van der Waals surface area contributed by atoms with Gasteiger partial charge in [-0.05, 0) is 13.0 Å². The number of aromatic nitrogens is 2. The molecular formula is C14H13F3N2O2. The highest BCUT2D eigenvalue weighted by Crippen LogP contribution is 2.37. The number of ether oxygens (including phenoxy) is 1. The number of nitrogens with zero attached hydrogens (tertiary/aromatic N) is 2. The van der Waals surface area contributed by atoms with Gasteiger partial charge >= 0.3 is 12.1 Å². The molecule has 7 heteroatoms. The van der Waals surface area contributed by atoms with Crippen LogP contribution >= 0.6 is 0 Å². The molecule has 0 radical (unpaired) electrons. The number of halogens is 3. The molecular weight excluding hydrogens is 285 g/mol. The van der Waals surface area contributed by atoms with Crippen LogP contribution in [0.25, 0.3) is 11.3 Å². The molecule has 0 spiro atoms. The van der Waals surface area contributed by atoms with Crippen LogP contribution in [0.4, 0.5) is 13.2 Å². The lowest BCUT2D eigenvalue weighted by Crippen LogP contribution is -2.09. The van der Waals surface area contributed by atoms with E-state index in [0.29, 0.717) is 5.56 Å². The van der Waals surface area contributed by atoms with E-state index in [1.807, 2.05) is 0 Å². The van der Waals surface area contributed by atoms with Gasteiger partial charge in [0.15, 0.2) is 0 Å². The molecule has 0 saturated heterocycles. The van der Waals surface area contributed by atoms with Gasteiger partial charge in [0, 0.05) is 18.2 Å². The van der Waals surface area contributed by atoms with Gasteiger partial charge in [0.2, 0.25) is 0 Å². The number of carbonyl (C=O) groups excluding carboxylic acids is 1. The maximum Gasteiger partial charge on any atom is 0.417 e. The number of carbonyl (C=O) groups is 1. The highest BCUT2D eigenvalue weighted by molar-refractivity contribution is 5.91. The molecule has 0 aliphatic carbocycles. The average molecular weight is 298 g/mol.